The van der Waals surface area contributed by atoms with Crippen LogP contribution in [-0.2, 0) is 23.2 Å². The average molecular weight is 357 g/mol. The number of anilines is 1. The van der Waals surface area contributed by atoms with Crippen molar-refractivity contribution in [1.82, 2.24) is 19.2 Å². The summed E-state index contributed by atoms with van der Waals surface area (Å²) in [4.78, 5) is 38.4. The van der Waals surface area contributed by atoms with Gasteiger partial charge in [-0.25, -0.2) is 0 Å². The van der Waals surface area contributed by atoms with Crippen LogP contribution < -0.4 is 10.9 Å². The zero-order valence-electron chi connectivity index (χ0n) is 15.2. The van der Waals surface area contributed by atoms with Gasteiger partial charge in [0.1, 0.15) is 0 Å². The molecule has 2 amide bonds. The van der Waals surface area contributed by atoms with E-state index in [9.17, 15) is 14.4 Å². The van der Waals surface area contributed by atoms with E-state index >= 15 is 0 Å². The molecule has 1 aliphatic heterocycles. The lowest BCUT2D eigenvalue weighted by Crippen LogP contribution is -2.44. The zero-order chi connectivity index (χ0) is 18.8. The zero-order valence-corrected chi connectivity index (χ0v) is 15.2. The Morgan fingerprint density at radius 3 is 2.69 bits per heavy atom. The first-order chi connectivity index (χ1) is 12.4. The van der Waals surface area contributed by atoms with Crippen molar-refractivity contribution in [3.63, 3.8) is 0 Å². The topological polar surface area (TPSA) is 89.2 Å². The standard InChI is InChI=1S/C18H23N5O3/c1-4-23-11-13(5-7-16(23)25)20-18(26)14-6-8-15(24)22(3)17(14)12-9-19-21(2)10-12/h5,7,9-11,14,17H,4,6,8H2,1-3H3,(H,20,26). The fourth-order valence-corrected chi connectivity index (χ4v) is 3.45. The molecule has 0 spiro atoms. The summed E-state index contributed by atoms with van der Waals surface area (Å²) >= 11 is 0. The molecule has 0 aromatic carbocycles. The van der Waals surface area contributed by atoms with Gasteiger partial charge >= 0.3 is 0 Å². The van der Waals surface area contributed by atoms with Gasteiger partial charge in [0.25, 0.3) is 5.56 Å². The van der Waals surface area contributed by atoms with Crippen molar-refractivity contribution >= 4 is 17.5 Å². The van der Waals surface area contributed by atoms with E-state index in [0.717, 1.165) is 5.56 Å². The highest BCUT2D eigenvalue weighted by molar-refractivity contribution is 5.94. The SMILES string of the molecule is CCn1cc(NC(=O)C2CCC(=O)N(C)C2c2cnn(C)c2)ccc1=O. The Labute approximate surface area is 151 Å². The molecule has 1 N–H and O–H groups in total. The maximum Gasteiger partial charge on any atom is 0.250 e. The van der Waals surface area contributed by atoms with Crippen molar-refractivity contribution in [3.8, 4) is 0 Å². The minimum Gasteiger partial charge on any atom is -0.338 e. The molecular weight excluding hydrogens is 334 g/mol. The second-order valence-corrected chi connectivity index (χ2v) is 6.57. The summed E-state index contributed by atoms with van der Waals surface area (Å²) in [5.74, 6) is -0.536. The van der Waals surface area contributed by atoms with Gasteiger partial charge in [0, 0.05) is 51.1 Å². The van der Waals surface area contributed by atoms with Crippen molar-refractivity contribution in [2.24, 2.45) is 13.0 Å². The molecule has 3 heterocycles. The Morgan fingerprint density at radius 1 is 1.27 bits per heavy atom. The number of nitrogens with zero attached hydrogens (tertiary/aromatic N) is 4. The van der Waals surface area contributed by atoms with Gasteiger partial charge in [-0.15, -0.1) is 0 Å². The molecule has 8 heteroatoms. The molecule has 3 rings (SSSR count). The number of rotatable bonds is 4. The monoisotopic (exact) mass is 357 g/mol. The van der Waals surface area contributed by atoms with Gasteiger partial charge < -0.3 is 14.8 Å². The summed E-state index contributed by atoms with van der Waals surface area (Å²) in [6.07, 6.45) is 5.97. The molecule has 0 aliphatic carbocycles. The predicted octanol–water partition coefficient (Wildman–Crippen LogP) is 1.15. The van der Waals surface area contributed by atoms with Crippen LogP contribution in [0.4, 0.5) is 5.69 Å². The van der Waals surface area contributed by atoms with Crippen LogP contribution in [0.2, 0.25) is 0 Å². The molecule has 1 fully saturated rings. The summed E-state index contributed by atoms with van der Waals surface area (Å²) in [6.45, 7) is 2.40. The Balaban J connectivity index is 1.86. The van der Waals surface area contributed by atoms with Gasteiger partial charge in [0.15, 0.2) is 0 Å². The Morgan fingerprint density at radius 2 is 2.04 bits per heavy atom. The van der Waals surface area contributed by atoms with Gasteiger partial charge in [-0.3, -0.25) is 19.1 Å². The quantitative estimate of drug-likeness (QED) is 0.889. The largest absolute Gasteiger partial charge is 0.338 e. The molecule has 0 radical (unpaired) electrons. The number of likely N-dealkylation sites (tertiary alicyclic amines) is 1. The molecule has 0 bridgehead atoms. The van der Waals surface area contributed by atoms with Crippen LogP contribution in [-0.4, -0.2) is 38.1 Å². The first-order valence-corrected chi connectivity index (χ1v) is 8.66. The lowest BCUT2D eigenvalue weighted by Gasteiger charge is -2.37. The van der Waals surface area contributed by atoms with Gasteiger partial charge in [0.2, 0.25) is 11.8 Å². The van der Waals surface area contributed by atoms with Crippen molar-refractivity contribution in [3.05, 3.63) is 46.6 Å². The summed E-state index contributed by atoms with van der Waals surface area (Å²) in [5, 5.41) is 7.06. The van der Waals surface area contributed by atoms with E-state index in [4.69, 9.17) is 0 Å². The number of carbonyl (C=O) groups excluding carboxylic acids is 2. The molecule has 1 saturated heterocycles. The fraction of sp³-hybridized carbons (Fsp3) is 0.444. The van der Waals surface area contributed by atoms with Crippen LogP contribution in [0, 0.1) is 5.92 Å². The molecule has 1 aliphatic rings. The van der Waals surface area contributed by atoms with Gasteiger partial charge in [-0.2, -0.15) is 5.10 Å². The smallest absolute Gasteiger partial charge is 0.250 e. The number of carbonyl (C=O) groups is 2. The number of nitrogens with one attached hydrogen (secondary N) is 1. The van der Waals surface area contributed by atoms with Crippen LogP contribution in [0.15, 0.2) is 35.5 Å². The van der Waals surface area contributed by atoms with Crippen LogP contribution in [0.1, 0.15) is 31.4 Å². The van der Waals surface area contributed by atoms with Crippen LogP contribution >= 0.6 is 0 Å². The van der Waals surface area contributed by atoms with E-state index < -0.39 is 0 Å². The highest BCUT2D eigenvalue weighted by atomic mass is 16.2. The van der Waals surface area contributed by atoms with E-state index in [0.29, 0.717) is 25.1 Å². The van der Waals surface area contributed by atoms with E-state index in [1.165, 1.54) is 10.6 Å². The third-order valence-electron chi connectivity index (χ3n) is 4.86. The first kappa shape index (κ1) is 17.9. The molecule has 2 unspecified atom stereocenters. The van der Waals surface area contributed by atoms with Crippen molar-refractivity contribution in [2.45, 2.75) is 32.4 Å². The Bertz CT molecular complexity index is 885. The van der Waals surface area contributed by atoms with Crippen LogP contribution in [0.5, 0.6) is 0 Å². The van der Waals surface area contributed by atoms with Gasteiger partial charge in [-0.05, 0) is 19.4 Å². The highest BCUT2D eigenvalue weighted by Crippen LogP contribution is 2.36. The third-order valence-corrected chi connectivity index (χ3v) is 4.86. The van der Waals surface area contributed by atoms with E-state index in [-0.39, 0.29) is 29.3 Å². The lowest BCUT2D eigenvalue weighted by molar-refractivity contribution is -0.140. The van der Waals surface area contributed by atoms with Crippen molar-refractivity contribution in [2.75, 3.05) is 12.4 Å². The van der Waals surface area contributed by atoms with E-state index in [2.05, 4.69) is 10.4 Å². The predicted molar refractivity (Wildman–Crippen MR) is 96.4 cm³/mol. The second-order valence-electron chi connectivity index (χ2n) is 6.57. The lowest BCUT2D eigenvalue weighted by atomic mass is 9.85. The summed E-state index contributed by atoms with van der Waals surface area (Å²) < 4.78 is 3.19. The number of aryl methyl sites for hydroxylation is 2. The molecule has 2 aromatic heterocycles. The number of piperidine rings is 1. The minimum atomic E-state index is -0.385. The normalized spacial score (nSPS) is 20.3. The molecule has 26 heavy (non-hydrogen) atoms. The molecule has 8 nitrogen and oxygen atoms in total. The minimum absolute atomic E-state index is 0.0161. The fourth-order valence-electron chi connectivity index (χ4n) is 3.45. The number of hydrogen-bond acceptors (Lipinski definition) is 4. The summed E-state index contributed by atoms with van der Waals surface area (Å²) in [7, 11) is 3.52. The number of hydrogen-bond donors (Lipinski definition) is 1. The van der Waals surface area contributed by atoms with Crippen LogP contribution in [0.3, 0.4) is 0 Å². The maximum absolute atomic E-state index is 12.9. The molecule has 0 saturated carbocycles. The van der Waals surface area contributed by atoms with E-state index in [1.54, 1.807) is 42.1 Å². The van der Waals surface area contributed by atoms with Crippen molar-refractivity contribution < 1.29 is 9.59 Å². The Kier molecular flexibility index (Phi) is 4.92. The number of pyridine rings is 1. The molecule has 138 valence electrons. The average Bonchev–Trinajstić information content (AvgIpc) is 3.04. The summed E-state index contributed by atoms with van der Waals surface area (Å²) in [5.41, 5.74) is 1.30. The van der Waals surface area contributed by atoms with Crippen molar-refractivity contribution in [1.29, 1.82) is 0 Å². The number of amides is 2. The van der Waals surface area contributed by atoms with E-state index in [1.807, 2.05) is 13.1 Å². The summed E-state index contributed by atoms with van der Waals surface area (Å²) in [6, 6.07) is 2.68. The second kappa shape index (κ2) is 7.15. The Hall–Kier alpha value is -2.90. The maximum atomic E-state index is 12.9. The molecule has 2 atom stereocenters. The van der Waals surface area contributed by atoms with Crippen LogP contribution in [0.25, 0.3) is 0 Å². The van der Waals surface area contributed by atoms with Gasteiger partial charge in [-0.1, -0.05) is 0 Å². The highest BCUT2D eigenvalue weighted by Gasteiger charge is 2.39. The first-order valence-electron chi connectivity index (χ1n) is 8.66. The number of aromatic nitrogens is 3. The van der Waals surface area contributed by atoms with Gasteiger partial charge in [0.05, 0.1) is 23.8 Å². The molecular formula is C18H23N5O3. The third kappa shape index (κ3) is 3.40. The molecule has 2 aromatic rings.